The van der Waals surface area contributed by atoms with Crippen molar-refractivity contribution in [1.29, 1.82) is 0 Å². The van der Waals surface area contributed by atoms with Gasteiger partial charge in [-0.05, 0) is 75.8 Å². The number of nitrogens with zero attached hydrogens (tertiary/aromatic N) is 2. The lowest BCUT2D eigenvalue weighted by Crippen LogP contribution is -2.36. The highest BCUT2D eigenvalue weighted by molar-refractivity contribution is 5.98. The van der Waals surface area contributed by atoms with Crippen molar-refractivity contribution in [1.82, 2.24) is 15.7 Å². The molecular weight excluding hydrogens is 433 g/mol. The number of halogens is 5. The molecule has 0 aliphatic heterocycles. The molecule has 0 aromatic carbocycles. The monoisotopic (exact) mass is 463 g/mol. The second kappa shape index (κ2) is 10.2. The molecule has 5 atom stereocenters. The smallest absolute Gasteiger partial charge is 0.401 e. The van der Waals surface area contributed by atoms with Gasteiger partial charge in [-0.1, -0.05) is 0 Å². The molecule has 1 aromatic rings. The Labute approximate surface area is 184 Å². The van der Waals surface area contributed by atoms with Crippen molar-refractivity contribution in [2.75, 3.05) is 18.8 Å². The molecule has 0 spiro atoms. The van der Waals surface area contributed by atoms with Gasteiger partial charge in [0.2, 0.25) is 0 Å². The first-order valence-corrected chi connectivity index (χ1v) is 10.8. The van der Waals surface area contributed by atoms with Crippen molar-refractivity contribution in [3.05, 3.63) is 17.8 Å². The molecule has 1 heterocycles. The maximum atomic E-state index is 12.5. The summed E-state index contributed by atoms with van der Waals surface area (Å²) in [6.07, 6.45) is 1.29. The van der Waals surface area contributed by atoms with Crippen molar-refractivity contribution in [3.8, 4) is 5.75 Å². The zero-order valence-corrected chi connectivity index (χ0v) is 18.1. The number of hydrogen-bond donors (Lipinski definition) is 3. The molecule has 3 fully saturated rings. The van der Waals surface area contributed by atoms with E-state index in [1.54, 1.807) is 6.92 Å². The second-order valence-electron chi connectivity index (χ2n) is 8.86. The van der Waals surface area contributed by atoms with Gasteiger partial charge in [0.15, 0.2) is 11.6 Å². The van der Waals surface area contributed by atoms with Gasteiger partial charge in [0.25, 0.3) is 0 Å². The van der Waals surface area contributed by atoms with E-state index in [1.165, 1.54) is 12.3 Å². The number of pyridine rings is 1. The molecule has 4 N–H and O–H groups in total. The highest BCUT2D eigenvalue weighted by Crippen LogP contribution is 2.58. The fourth-order valence-corrected chi connectivity index (χ4v) is 4.94. The van der Waals surface area contributed by atoms with E-state index in [9.17, 15) is 22.0 Å². The number of nitrogens with two attached hydrogens (primary N) is 1. The van der Waals surface area contributed by atoms with Gasteiger partial charge in [0.1, 0.15) is 0 Å². The molecule has 32 heavy (non-hydrogen) atoms. The third-order valence-electron chi connectivity index (χ3n) is 6.57. The first-order valence-electron chi connectivity index (χ1n) is 10.8. The Hall–Kier alpha value is -2.17. The summed E-state index contributed by atoms with van der Waals surface area (Å²) in [7, 11) is 0. The number of hydrazone groups is 1. The van der Waals surface area contributed by atoms with Gasteiger partial charge in [0.05, 0.1) is 12.3 Å². The molecule has 3 aliphatic carbocycles. The molecule has 3 saturated carbocycles. The van der Waals surface area contributed by atoms with Crippen LogP contribution in [0.3, 0.4) is 0 Å². The van der Waals surface area contributed by atoms with Gasteiger partial charge in [-0.25, -0.2) is 4.98 Å². The number of fused-ring (bicyclic) bond motifs is 1. The zero-order valence-electron chi connectivity index (χ0n) is 18.1. The normalized spacial score (nSPS) is 26.2. The van der Waals surface area contributed by atoms with E-state index in [0.29, 0.717) is 41.5 Å². The maximum Gasteiger partial charge on any atom is 0.401 e. The van der Waals surface area contributed by atoms with Crippen LogP contribution in [-0.4, -0.2) is 42.6 Å². The van der Waals surface area contributed by atoms with E-state index in [1.807, 2.05) is 6.92 Å². The van der Waals surface area contributed by atoms with Gasteiger partial charge >= 0.3 is 12.8 Å². The summed E-state index contributed by atoms with van der Waals surface area (Å²) in [6, 6.07) is 1.46. The Bertz CT molecular complexity index is 803. The summed E-state index contributed by atoms with van der Waals surface area (Å²) in [5, 5.41) is 6.88. The standard InChI is InChI=1S/C21H30F5N5O/c1-11(30-31-12(2)14-7-18(32-20(22)23)19(27)29-9-14)3-4-16-13-5-15(17(16)6-13)8-28-10-21(24,25)26/h7,9,11,13,15-17,20,28,30H,3-6,8,10H2,1-2H3,(H2,27,29)/b31-12+/t11?,13-,15?,16-,17-/m0/s1. The van der Waals surface area contributed by atoms with E-state index >= 15 is 0 Å². The maximum absolute atomic E-state index is 12.5. The van der Waals surface area contributed by atoms with Crippen LogP contribution in [-0.2, 0) is 0 Å². The van der Waals surface area contributed by atoms with E-state index in [4.69, 9.17) is 5.73 Å². The van der Waals surface area contributed by atoms with Crippen molar-refractivity contribution < 1.29 is 26.7 Å². The average Bonchev–Trinajstić information content (AvgIpc) is 3.25. The van der Waals surface area contributed by atoms with Gasteiger partial charge in [0, 0.05) is 17.8 Å². The van der Waals surface area contributed by atoms with Crippen LogP contribution in [0.2, 0.25) is 0 Å². The van der Waals surface area contributed by atoms with Crippen molar-refractivity contribution in [3.63, 3.8) is 0 Å². The predicted molar refractivity (Wildman–Crippen MR) is 111 cm³/mol. The Morgan fingerprint density at radius 3 is 2.78 bits per heavy atom. The van der Waals surface area contributed by atoms with Crippen molar-refractivity contribution >= 4 is 11.5 Å². The first kappa shape index (κ1) is 24.5. The lowest BCUT2D eigenvalue weighted by Gasteiger charge is -2.38. The molecular formula is C21H30F5N5O. The summed E-state index contributed by atoms with van der Waals surface area (Å²) in [5.41, 5.74) is 9.70. The molecule has 6 nitrogen and oxygen atoms in total. The number of ether oxygens (including phenoxy) is 1. The molecule has 11 heteroatoms. The number of nitrogen functional groups attached to an aromatic ring is 1. The Kier molecular flexibility index (Phi) is 7.79. The van der Waals surface area contributed by atoms with Crippen LogP contribution in [0.4, 0.5) is 27.8 Å². The van der Waals surface area contributed by atoms with Gasteiger partial charge in [-0.15, -0.1) is 0 Å². The summed E-state index contributed by atoms with van der Waals surface area (Å²) in [5.74, 6) is 1.71. The van der Waals surface area contributed by atoms with E-state index in [0.717, 1.165) is 25.7 Å². The molecule has 1 aromatic heterocycles. The van der Waals surface area contributed by atoms with Crippen LogP contribution in [0.25, 0.3) is 0 Å². The topological polar surface area (TPSA) is 84.6 Å². The Morgan fingerprint density at radius 1 is 1.34 bits per heavy atom. The molecule has 2 unspecified atom stereocenters. The van der Waals surface area contributed by atoms with Crippen molar-refractivity contribution in [2.45, 2.75) is 58.4 Å². The first-order chi connectivity index (χ1) is 15.0. The summed E-state index contributed by atoms with van der Waals surface area (Å²) >= 11 is 0. The number of anilines is 1. The van der Waals surface area contributed by atoms with E-state index in [-0.39, 0.29) is 17.6 Å². The minimum atomic E-state index is -4.17. The van der Waals surface area contributed by atoms with Crippen LogP contribution in [0.1, 0.15) is 45.1 Å². The van der Waals surface area contributed by atoms with Gasteiger partial charge < -0.3 is 21.2 Å². The number of hydrogen-bond acceptors (Lipinski definition) is 6. The lowest BCUT2D eigenvalue weighted by atomic mass is 9.68. The van der Waals surface area contributed by atoms with Gasteiger partial charge in [-0.2, -0.15) is 27.1 Å². The number of aromatic nitrogens is 1. The molecule has 2 bridgehead atoms. The molecule has 180 valence electrons. The molecule has 3 aliphatic rings. The SMILES string of the molecule is C/C(=N\NC(C)CC[C@H]1[C@H]2CC(CNCC(F)(F)F)[C@@H]1C2)c1cnc(N)c(OC(F)F)c1. The highest BCUT2D eigenvalue weighted by atomic mass is 19.4. The van der Waals surface area contributed by atoms with Crippen LogP contribution < -0.4 is 21.2 Å². The minimum Gasteiger partial charge on any atom is -0.431 e. The molecule has 0 amide bonds. The average molecular weight is 463 g/mol. The van der Waals surface area contributed by atoms with E-state index < -0.39 is 19.3 Å². The fraction of sp³-hybridized carbons (Fsp3) is 0.714. The summed E-state index contributed by atoms with van der Waals surface area (Å²) in [4.78, 5) is 3.87. The zero-order chi connectivity index (χ0) is 23.5. The number of nitrogens with one attached hydrogen (secondary N) is 2. The third-order valence-corrected chi connectivity index (χ3v) is 6.57. The molecule has 4 rings (SSSR count). The largest absolute Gasteiger partial charge is 0.431 e. The van der Waals surface area contributed by atoms with Crippen molar-refractivity contribution in [2.24, 2.45) is 28.8 Å². The predicted octanol–water partition coefficient (Wildman–Crippen LogP) is 4.17. The van der Waals surface area contributed by atoms with Crippen LogP contribution in [0, 0.1) is 23.7 Å². The molecule has 0 radical (unpaired) electrons. The fourth-order valence-electron chi connectivity index (χ4n) is 4.94. The van der Waals surface area contributed by atoms with Crippen LogP contribution in [0.5, 0.6) is 5.75 Å². The number of alkyl halides is 5. The quantitative estimate of drug-likeness (QED) is 0.261. The summed E-state index contributed by atoms with van der Waals surface area (Å²) < 4.78 is 66.3. The third kappa shape index (κ3) is 6.43. The molecule has 0 saturated heterocycles. The Morgan fingerprint density at radius 2 is 2.09 bits per heavy atom. The van der Waals surface area contributed by atoms with Crippen LogP contribution in [0.15, 0.2) is 17.4 Å². The highest BCUT2D eigenvalue weighted by Gasteiger charge is 2.51. The van der Waals surface area contributed by atoms with Crippen LogP contribution >= 0.6 is 0 Å². The van der Waals surface area contributed by atoms with Gasteiger partial charge in [-0.3, -0.25) is 0 Å². The summed E-state index contributed by atoms with van der Waals surface area (Å²) in [6.45, 7) is 0.243. The van der Waals surface area contributed by atoms with E-state index in [2.05, 4.69) is 25.6 Å². The minimum absolute atomic E-state index is 0.0882. The second-order valence-corrected chi connectivity index (χ2v) is 8.86. The lowest BCUT2D eigenvalue weighted by molar-refractivity contribution is -0.125. The Balaban J connectivity index is 1.43. The number of rotatable bonds is 11.